The van der Waals surface area contributed by atoms with Crippen LogP contribution in [0.5, 0.6) is 0 Å². The van der Waals surface area contributed by atoms with Gasteiger partial charge in [-0.05, 0) is 24.6 Å². The first-order valence-electron chi connectivity index (χ1n) is 5.20. The summed E-state index contributed by atoms with van der Waals surface area (Å²) in [4.78, 5) is 0. The Morgan fingerprint density at radius 1 is 1.27 bits per heavy atom. The van der Waals surface area contributed by atoms with Gasteiger partial charge in [0.1, 0.15) is 8.07 Å². The standard InChI is InChI=1S/C13H18OSi/c1-11(14)13-7-5-6-12(10-13)8-9-15(2,3)4/h5-7,10-11,14H,1-4H3. The molecule has 0 saturated carbocycles. The van der Waals surface area contributed by atoms with Crippen molar-refractivity contribution >= 4 is 8.07 Å². The first kappa shape index (κ1) is 12.0. The van der Waals surface area contributed by atoms with Gasteiger partial charge < -0.3 is 5.11 Å². The lowest BCUT2D eigenvalue weighted by atomic mass is 10.1. The molecule has 1 N–H and O–H groups in total. The molecule has 0 spiro atoms. The third-order valence-corrected chi connectivity index (χ3v) is 2.83. The number of rotatable bonds is 1. The van der Waals surface area contributed by atoms with Gasteiger partial charge in [-0.15, -0.1) is 5.54 Å². The fraction of sp³-hybridized carbons (Fsp3) is 0.385. The summed E-state index contributed by atoms with van der Waals surface area (Å²) >= 11 is 0. The van der Waals surface area contributed by atoms with E-state index < -0.39 is 14.2 Å². The van der Waals surface area contributed by atoms with Gasteiger partial charge in [-0.25, -0.2) is 0 Å². The molecule has 0 aliphatic heterocycles. The second-order valence-electron chi connectivity index (χ2n) is 4.80. The maximum atomic E-state index is 9.44. The van der Waals surface area contributed by atoms with Crippen LogP contribution in [-0.2, 0) is 0 Å². The number of hydrogen-bond donors (Lipinski definition) is 1. The van der Waals surface area contributed by atoms with Crippen LogP contribution in [0.3, 0.4) is 0 Å². The van der Waals surface area contributed by atoms with Crippen molar-refractivity contribution in [3.63, 3.8) is 0 Å². The Kier molecular flexibility index (Phi) is 3.73. The van der Waals surface area contributed by atoms with Crippen LogP contribution >= 0.6 is 0 Å². The summed E-state index contributed by atoms with van der Waals surface area (Å²) < 4.78 is 0. The average molecular weight is 218 g/mol. The molecule has 1 atom stereocenters. The molecule has 80 valence electrons. The maximum absolute atomic E-state index is 9.44. The molecule has 2 heteroatoms. The number of aliphatic hydroxyl groups is 1. The van der Waals surface area contributed by atoms with E-state index in [-0.39, 0.29) is 0 Å². The molecule has 0 aliphatic carbocycles. The Hall–Kier alpha value is -1.04. The summed E-state index contributed by atoms with van der Waals surface area (Å²) in [7, 11) is -1.31. The van der Waals surface area contributed by atoms with Gasteiger partial charge in [-0.3, -0.25) is 0 Å². The van der Waals surface area contributed by atoms with E-state index in [9.17, 15) is 5.11 Å². The molecule has 1 nitrogen and oxygen atoms in total. The van der Waals surface area contributed by atoms with Crippen molar-refractivity contribution in [1.29, 1.82) is 0 Å². The van der Waals surface area contributed by atoms with Crippen molar-refractivity contribution in [3.8, 4) is 11.5 Å². The highest BCUT2D eigenvalue weighted by Gasteiger charge is 2.07. The fourth-order valence-corrected chi connectivity index (χ4v) is 1.66. The van der Waals surface area contributed by atoms with Crippen molar-refractivity contribution in [1.82, 2.24) is 0 Å². The third-order valence-electron chi connectivity index (χ3n) is 1.95. The van der Waals surface area contributed by atoms with Crippen molar-refractivity contribution in [2.75, 3.05) is 0 Å². The Bertz CT molecular complexity index is 391. The normalized spacial score (nSPS) is 12.9. The van der Waals surface area contributed by atoms with E-state index in [1.165, 1.54) is 0 Å². The van der Waals surface area contributed by atoms with Crippen LogP contribution in [0.2, 0.25) is 19.6 Å². The SMILES string of the molecule is CC(O)c1cccc(C#C[Si](C)(C)C)c1. The van der Waals surface area contributed by atoms with Gasteiger partial charge >= 0.3 is 0 Å². The number of benzene rings is 1. The zero-order valence-corrected chi connectivity index (χ0v) is 10.8. The third kappa shape index (κ3) is 4.33. The highest BCUT2D eigenvalue weighted by atomic mass is 28.3. The second kappa shape index (κ2) is 4.65. The van der Waals surface area contributed by atoms with Gasteiger partial charge in [0.25, 0.3) is 0 Å². The van der Waals surface area contributed by atoms with Gasteiger partial charge in [-0.1, -0.05) is 37.7 Å². The van der Waals surface area contributed by atoms with E-state index in [0.717, 1.165) is 11.1 Å². The predicted molar refractivity (Wildman–Crippen MR) is 67.3 cm³/mol. The topological polar surface area (TPSA) is 20.2 Å². The van der Waals surface area contributed by atoms with E-state index in [2.05, 4.69) is 31.1 Å². The van der Waals surface area contributed by atoms with Gasteiger partial charge in [0.15, 0.2) is 0 Å². The van der Waals surface area contributed by atoms with E-state index in [0.29, 0.717) is 0 Å². The van der Waals surface area contributed by atoms with Crippen molar-refractivity contribution in [2.24, 2.45) is 0 Å². The van der Waals surface area contributed by atoms with Crippen LogP contribution < -0.4 is 0 Å². The largest absolute Gasteiger partial charge is 0.389 e. The van der Waals surface area contributed by atoms with Gasteiger partial charge in [-0.2, -0.15) is 0 Å². The zero-order chi connectivity index (χ0) is 11.5. The Balaban J connectivity index is 2.95. The molecule has 0 heterocycles. The molecule has 0 saturated heterocycles. The minimum Gasteiger partial charge on any atom is -0.389 e. The summed E-state index contributed by atoms with van der Waals surface area (Å²) in [6, 6.07) is 7.80. The molecule has 1 unspecified atom stereocenters. The smallest absolute Gasteiger partial charge is 0.129 e. The molecule has 0 bridgehead atoms. The zero-order valence-electron chi connectivity index (χ0n) is 9.83. The Morgan fingerprint density at radius 2 is 1.93 bits per heavy atom. The quantitative estimate of drug-likeness (QED) is 0.567. The van der Waals surface area contributed by atoms with Crippen LogP contribution in [-0.4, -0.2) is 13.2 Å². The molecule has 0 amide bonds. The lowest BCUT2D eigenvalue weighted by Gasteiger charge is -2.05. The molecule has 0 aromatic heterocycles. The molecule has 0 fully saturated rings. The first-order chi connectivity index (χ1) is 6.88. The highest BCUT2D eigenvalue weighted by molar-refractivity contribution is 6.83. The van der Waals surface area contributed by atoms with E-state index >= 15 is 0 Å². The van der Waals surface area contributed by atoms with Gasteiger partial charge in [0, 0.05) is 5.56 Å². The minimum atomic E-state index is -1.31. The van der Waals surface area contributed by atoms with Gasteiger partial charge in [0.2, 0.25) is 0 Å². The van der Waals surface area contributed by atoms with Crippen molar-refractivity contribution in [2.45, 2.75) is 32.7 Å². The summed E-state index contributed by atoms with van der Waals surface area (Å²) in [6.07, 6.45) is -0.418. The summed E-state index contributed by atoms with van der Waals surface area (Å²) in [6.45, 7) is 8.43. The van der Waals surface area contributed by atoms with Crippen LogP contribution in [0.25, 0.3) is 0 Å². The second-order valence-corrected chi connectivity index (χ2v) is 9.55. The lowest BCUT2D eigenvalue weighted by Crippen LogP contribution is -2.16. The van der Waals surface area contributed by atoms with Crippen LogP contribution in [0.1, 0.15) is 24.2 Å². The van der Waals surface area contributed by atoms with Crippen LogP contribution in [0.15, 0.2) is 24.3 Å². The minimum absolute atomic E-state index is 0.418. The summed E-state index contributed by atoms with van der Waals surface area (Å²) in [5.74, 6) is 3.18. The van der Waals surface area contributed by atoms with E-state index in [1.54, 1.807) is 6.92 Å². The predicted octanol–water partition coefficient (Wildman–Crippen LogP) is 2.97. The molecule has 15 heavy (non-hydrogen) atoms. The van der Waals surface area contributed by atoms with E-state index in [4.69, 9.17) is 0 Å². The fourth-order valence-electron chi connectivity index (χ4n) is 1.14. The Labute approximate surface area is 93.2 Å². The molecule has 0 radical (unpaired) electrons. The van der Waals surface area contributed by atoms with Crippen molar-refractivity contribution < 1.29 is 5.11 Å². The highest BCUT2D eigenvalue weighted by Crippen LogP contribution is 2.13. The molecular formula is C13H18OSi. The van der Waals surface area contributed by atoms with Crippen LogP contribution in [0.4, 0.5) is 0 Å². The molecule has 1 aromatic rings. The van der Waals surface area contributed by atoms with E-state index in [1.807, 2.05) is 24.3 Å². The number of hydrogen-bond acceptors (Lipinski definition) is 1. The molecule has 1 rings (SSSR count). The molecular weight excluding hydrogens is 200 g/mol. The molecule has 0 aliphatic rings. The maximum Gasteiger partial charge on any atom is 0.129 e. The summed E-state index contributed by atoms with van der Waals surface area (Å²) in [5.41, 5.74) is 5.24. The van der Waals surface area contributed by atoms with Crippen LogP contribution in [0, 0.1) is 11.5 Å². The first-order valence-corrected chi connectivity index (χ1v) is 8.70. The molecule has 1 aromatic carbocycles. The summed E-state index contributed by atoms with van der Waals surface area (Å²) in [5, 5.41) is 9.44. The monoisotopic (exact) mass is 218 g/mol. The van der Waals surface area contributed by atoms with Crippen molar-refractivity contribution in [3.05, 3.63) is 35.4 Å². The lowest BCUT2D eigenvalue weighted by molar-refractivity contribution is 0.199. The number of aliphatic hydroxyl groups excluding tert-OH is 1. The Morgan fingerprint density at radius 3 is 2.47 bits per heavy atom. The average Bonchev–Trinajstić information content (AvgIpc) is 2.14. The van der Waals surface area contributed by atoms with Gasteiger partial charge in [0.05, 0.1) is 6.10 Å².